The summed E-state index contributed by atoms with van der Waals surface area (Å²) in [4.78, 5) is 19.1. The molecular weight excluding hydrogens is 332 g/mol. The highest BCUT2D eigenvalue weighted by Gasteiger charge is 2.33. The highest BCUT2D eigenvalue weighted by Crippen LogP contribution is 2.26. The van der Waals surface area contributed by atoms with Crippen LogP contribution in [-0.2, 0) is 0 Å². The molecule has 0 radical (unpaired) electrons. The normalized spacial score (nSPS) is 28.0. The lowest BCUT2D eigenvalue weighted by Crippen LogP contribution is -2.47. The fourth-order valence-corrected chi connectivity index (χ4v) is 3.98. The van der Waals surface area contributed by atoms with Crippen molar-refractivity contribution >= 4 is 27.4 Å². The van der Waals surface area contributed by atoms with Gasteiger partial charge in [-0.2, -0.15) is 0 Å². The molecule has 2 bridgehead atoms. The van der Waals surface area contributed by atoms with Gasteiger partial charge in [0.1, 0.15) is 12.0 Å². The van der Waals surface area contributed by atoms with E-state index in [-0.39, 0.29) is 11.9 Å². The van der Waals surface area contributed by atoms with Crippen LogP contribution in [0.5, 0.6) is 0 Å². The lowest BCUT2D eigenvalue weighted by atomic mass is 9.97. The number of halogens is 1. The van der Waals surface area contributed by atoms with Crippen molar-refractivity contribution in [2.45, 2.75) is 18.9 Å². The predicted octanol–water partition coefficient (Wildman–Crippen LogP) is 1.92. The topological polar surface area (TPSA) is 49.6 Å². The minimum Gasteiger partial charge on any atom is -0.347 e. The van der Waals surface area contributed by atoms with E-state index in [4.69, 9.17) is 0 Å². The zero-order valence-corrected chi connectivity index (χ0v) is 13.2. The van der Waals surface area contributed by atoms with E-state index in [1.807, 2.05) is 22.7 Å². The molecule has 2 fully saturated rings. The van der Waals surface area contributed by atoms with Gasteiger partial charge in [0.15, 0.2) is 0 Å². The Hall–Kier alpha value is -1.40. The third-order valence-corrected chi connectivity index (χ3v) is 4.92. The summed E-state index contributed by atoms with van der Waals surface area (Å²) in [7, 11) is 0. The first-order chi connectivity index (χ1) is 10.2. The molecule has 0 aliphatic carbocycles. The van der Waals surface area contributed by atoms with Gasteiger partial charge in [-0.1, -0.05) is 0 Å². The van der Waals surface area contributed by atoms with Crippen LogP contribution < -0.4 is 5.32 Å². The molecule has 2 aromatic heterocycles. The predicted molar refractivity (Wildman–Crippen MR) is 83.3 cm³/mol. The van der Waals surface area contributed by atoms with Gasteiger partial charge in [-0.25, -0.2) is 4.98 Å². The molecule has 1 N–H and O–H groups in total. The van der Waals surface area contributed by atoms with E-state index in [0.29, 0.717) is 5.69 Å². The molecule has 3 atom stereocenters. The Morgan fingerprint density at radius 3 is 3.14 bits per heavy atom. The third kappa shape index (κ3) is 2.58. The van der Waals surface area contributed by atoms with Gasteiger partial charge in [0.25, 0.3) is 5.91 Å². The van der Waals surface area contributed by atoms with Crippen molar-refractivity contribution < 1.29 is 4.79 Å². The van der Waals surface area contributed by atoms with Crippen molar-refractivity contribution in [3.8, 4) is 0 Å². The van der Waals surface area contributed by atoms with Gasteiger partial charge in [0.05, 0.1) is 0 Å². The quantitative estimate of drug-likeness (QED) is 0.901. The average molecular weight is 349 g/mol. The maximum Gasteiger partial charge on any atom is 0.270 e. The minimum atomic E-state index is -0.0673. The van der Waals surface area contributed by atoms with E-state index in [2.05, 4.69) is 31.1 Å². The lowest BCUT2D eigenvalue weighted by molar-refractivity contribution is 0.0904. The van der Waals surface area contributed by atoms with E-state index < -0.39 is 0 Å². The lowest BCUT2D eigenvalue weighted by Gasteiger charge is -2.30. The largest absolute Gasteiger partial charge is 0.347 e. The third-order valence-electron chi connectivity index (χ3n) is 4.49. The zero-order valence-electron chi connectivity index (χ0n) is 11.6. The second-order valence-corrected chi connectivity index (χ2v) is 7.00. The number of hydrogen-bond acceptors (Lipinski definition) is 3. The number of carbonyl (C=O) groups is 1. The van der Waals surface area contributed by atoms with Crippen LogP contribution in [0.25, 0.3) is 5.52 Å². The molecule has 0 spiro atoms. The number of rotatable bonds is 2. The van der Waals surface area contributed by atoms with Gasteiger partial charge in [0, 0.05) is 35.3 Å². The molecule has 1 unspecified atom stereocenters. The first-order valence-electron chi connectivity index (χ1n) is 7.34. The number of nitrogens with zero attached hydrogens (tertiary/aromatic N) is 3. The Labute approximate surface area is 131 Å². The fraction of sp³-hybridized carbons (Fsp3) is 0.467. The second-order valence-electron chi connectivity index (χ2n) is 6.08. The second kappa shape index (κ2) is 5.10. The summed E-state index contributed by atoms with van der Waals surface area (Å²) in [5.74, 6) is 0.684. The van der Waals surface area contributed by atoms with Crippen molar-refractivity contribution in [1.82, 2.24) is 19.6 Å². The zero-order chi connectivity index (χ0) is 14.4. The molecule has 5 nitrogen and oxygen atoms in total. The van der Waals surface area contributed by atoms with Gasteiger partial charge < -0.3 is 14.6 Å². The molecule has 21 heavy (non-hydrogen) atoms. The first kappa shape index (κ1) is 13.3. The maximum atomic E-state index is 12.4. The Kier molecular flexibility index (Phi) is 3.23. The number of hydrogen-bond donors (Lipinski definition) is 1. The highest BCUT2D eigenvalue weighted by molar-refractivity contribution is 9.10. The maximum absolute atomic E-state index is 12.4. The van der Waals surface area contributed by atoms with E-state index in [9.17, 15) is 4.79 Å². The first-order valence-corrected chi connectivity index (χ1v) is 8.13. The van der Waals surface area contributed by atoms with E-state index in [1.54, 1.807) is 6.33 Å². The highest BCUT2D eigenvalue weighted by atomic mass is 79.9. The summed E-state index contributed by atoms with van der Waals surface area (Å²) in [5.41, 5.74) is 1.45. The summed E-state index contributed by atoms with van der Waals surface area (Å²) < 4.78 is 2.88. The molecule has 2 aromatic rings. The van der Waals surface area contributed by atoms with Crippen LogP contribution in [0, 0.1) is 5.92 Å². The minimum absolute atomic E-state index is 0.0673. The average Bonchev–Trinajstić information content (AvgIpc) is 2.99. The molecule has 0 saturated carbocycles. The summed E-state index contributed by atoms with van der Waals surface area (Å²) in [6.07, 6.45) is 5.98. The van der Waals surface area contributed by atoms with Crippen molar-refractivity contribution in [2.75, 3.05) is 19.6 Å². The van der Waals surface area contributed by atoms with E-state index >= 15 is 0 Å². The van der Waals surface area contributed by atoms with Gasteiger partial charge in [-0.3, -0.25) is 4.79 Å². The van der Waals surface area contributed by atoms with E-state index in [1.165, 1.54) is 19.5 Å². The molecule has 6 heteroatoms. The molecular formula is C15H17BrN4O. The van der Waals surface area contributed by atoms with Gasteiger partial charge in [-0.05, 0) is 53.4 Å². The number of fused-ring (bicyclic) bond motifs is 3. The smallest absolute Gasteiger partial charge is 0.270 e. The number of amides is 1. The molecule has 2 aliphatic heterocycles. The Morgan fingerprint density at radius 1 is 1.38 bits per heavy atom. The van der Waals surface area contributed by atoms with Crippen molar-refractivity contribution in [2.24, 2.45) is 5.92 Å². The standard InChI is InChI=1S/C15H17BrN4O/c16-11-4-13-5-14(17-9-20(13)7-11)15(21)18-12-3-10-1-2-19(6-10)8-12/h4-5,7,9-10,12H,1-3,6,8H2,(H,18,21)/t10-,12+/m0/s1. The molecule has 0 aromatic carbocycles. The molecule has 2 saturated heterocycles. The molecule has 4 heterocycles. The van der Waals surface area contributed by atoms with Gasteiger partial charge in [-0.15, -0.1) is 0 Å². The molecule has 4 rings (SSSR count). The Bertz CT molecular complexity index is 686. The van der Waals surface area contributed by atoms with Crippen molar-refractivity contribution in [3.63, 3.8) is 0 Å². The molecule has 110 valence electrons. The summed E-state index contributed by atoms with van der Waals surface area (Å²) >= 11 is 3.43. The molecule has 2 aliphatic rings. The number of nitrogens with one attached hydrogen (secondary N) is 1. The number of aromatic nitrogens is 2. The SMILES string of the molecule is O=C(N[C@@H]1C[C@@H]2CCN(C2)C1)c1cc2cc(Br)cn2cn1. The van der Waals surface area contributed by atoms with Crippen LogP contribution in [0.1, 0.15) is 23.3 Å². The van der Waals surface area contributed by atoms with Gasteiger partial charge >= 0.3 is 0 Å². The molecule has 1 amide bonds. The summed E-state index contributed by atoms with van der Waals surface area (Å²) in [6, 6.07) is 4.07. The number of carbonyl (C=O) groups excluding carboxylic acids is 1. The monoisotopic (exact) mass is 348 g/mol. The van der Waals surface area contributed by atoms with Crippen LogP contribution >= 0.6 is 15.9 Å². The van der Waals surface area contributed by atoms with Crippen molar-refractivity contribution in [1.29, 1.82) is 0 Å². The fourth-order valence-electron chi connectivity index (χ4n) is 3.53. The Morgan fingerprint density at radius 2 is 2.29 bits per heavy atom. The van der Waals surface area contributed by atoms with Crippen molar-refractivity contribution in [3.05, 3.63) is 34.8 Å². The van der Waals surface area contributed by atoms with Crippen LogP contribution in [-0.4, -0.2) is 45.9 Å². The van der Waals surface area contributed by atoms with Crippen LogP contribution in [0.15, 0.2) is 29.1 Å². The van der Waals surface area contributed by atoms with Crippen LogP contribution in [0.3, 0.4) is 0 Å². The number of piperidine rings is 1. The van der Waals surface area contributed by atoms with Gasteiger partial charge in [0.2, 0.25) is 0 Å². The Balaban J connectivity index is 1.50. The van der Waals surface area contributed by atoms with Crippen LogP contribution in [0.4, 0.5) is 0 Å². The van der Waals surface area contributed by atoms with E-state index in [0.717, 1.165) is 28.9 Å². The summed E-state index contributed by atoms with van der Waals surface area (Å²) in [5, 5.41) is 3.14. The van der Waals surface area contributed by atoms with Crippen LogP contribution in [0.2, 0.25) is 0 Å². The summed E-state index contributed by atoms with van der Waals surface area (Å²) in [6.45, 7) is 3.36.